The normalized spacial score (nSPS) is 14.2. The van der Waals surface area contributed by atoms with E-state index in [9.17, 15) is 26.8 Å². The maximum Gasteiger partial charge on any atom is 0.311 e. The highest BCUT2D eigenvalue weighted by atomic mass is 35.5. The van der Waals surface area contributed by atoms with Crippen molar-refractivity contribution in [2.45, 2.75) is 42.4 Å². The molecule has 1 atom stereocenters. The van der Waals surface area contributed by atoms with Crippen molar-refractivity contribution >= 4 is 49.8 Å². The lowest BCUT2D eigenvalue weighted by atomic mass is 10.1. The second kappa shape index (κ2) is 11.1. The van der Waals surface area contributed by atoms with Gasteiger partial charge in [0.25, 0.3) is 5.91 Å². The van der Waals surface area contributed by atoms with Gasteiger partial charge in [0.1, 0.15) is 5.82 Å². The van der Waals surface area contributed by atoms with Crippen LogP contribution in [-0.4, -0.2) is 37.1 Å². The smallest absolute Gasteiger partial charge is 0.311 e. The standard InChI is InChI=1S/C24H21ClF2N2O6S2/c1-2-34-21(30)11-15-12-36-24(28-15)29-23(31)22(35-19-7-4-14(26)10-18(19)27)13-3-8-20(17(25)9-13)37(32,33)16-5-6-16/h3-4,7-10,12,16,22H,2,5-6,11H2,1H3,(H,28,29,31). The highest BCUT2D eigenvalue weighted by Gasteiger charge is 2.38. The van der Waals surface area contributed by atoms with E-state index in [2.05, 4.69) is 10.3 Å². The van der Waals surface area contributed by atoms with Crippen LogP contribution < -0.4 is 10.1 Å². The maximum atomic E-state index is 14.3. The summed E-state index contributed by atoms with van der Waals surface area (Å²) in [7, 11) is -3.61. The topological polar surface area (TPSA) is 112 Å². The number of hydrogen-bond acceptors (Lipinski definition) is 8. The fourth-order valence-electron chi connectivity index (χ4n) is 3.42. The first-order chi connectivity index (χ1) is 17.6. The number of nitrogens with one attached hydrogen (secondary N) is 1. The number of rotatable bonds is 10. The van der Waals surface area contributed by atoms with Gasteiger partial charge in [0, 0.05) is 17.0 Å². The molecule has 1 N–H and O–H groups in total. The van der Waals surface area contributed by atoms with Crippen LogP contribution in [-0.2, 0) is 30.6 Å². The van der Waals surface area contributed by atoms with Crippen molar-refractivity contribution in [3.05, 3.63) is 69.7 Å². The zero-order valence-corrected chi connectivity index (χ0v) is 21.8. The molecule has 1 aliphatic carbocycles. The number of aromatic nitrogens is 1. The molecule has 0 spiro atoms. The van der Waals surface area contributed by atoms with Crippen LogP contribution in [0.3, 0.4) is 0 Å². The summed E-state index contributed by atoms with van der Waals surface area (Å²) in [6.45, 7) is 1.89. The molecule has 1 aromatic heterocycles. The second-order valence-corrected chi connectivity index (χ2v) is 11.6. The molecule has 0 radical (unpaired) electrons. The summed E-state index contributed by atoms with van der Waals surface area (Å²) in [5.41, 5.74) is 0.503. The Hall–Kier alpha value is -3.09. The van der Waals surface area contributed by atoms with E-state index in [-0.39, 0.29) is 33.6 Å². The Bertz CT molecular complexity index is 1440. The second-order valence-electron chi connectivity index (χ2n) is 8.12. The molecule has 4 rings (SSSR count). The van der Waals surface area contributed by atoms with Gasteiger partial charge in [-0.3, -0.25) is 14.9 Å². The van der Waals surface area contributed by atoms with Crippen LogP contribution in [0.2, 0.25) is 5.02 Å². The van der Waals surface area contributed by atoms with Crippen molar-refractivity contribution in [2.75, 3.05) is 11.9 Å². The number of anilines is 1. The molecule has 2 aromatic carbocycles. The van der Waals surface area contributed by atoms with E-state index in [1.807, 2.05) is 0 Å². The van der Waals surface area contributed by atoms with Crippen molar-refractivity contribution in [3.63, 3.8) is 0 Å². The number of amides is 1. The van der Waals surface area contributed by atoms with Crippen LogP contribution in [0.1, 0.15) is 37.1 Å². The Morgan fingerprint density at radius 3 is 2.62 bits per heavy atom. The van der Waals surface area contributed by atoms with E-state index in [1.54, 1.807) is 12.3 Å². The predicted octanol–water partition coefficient (Wildman–Crippen LogP) is 4.88. The highest BCUT2D eigenvalue weighted by molar-refractivity contribution is 7.92. The number of ether oxygens (including phenoxy) is 2. The third-order valence-corrected chi connectivity index (χ3v) is 8.87. The van der Waals surface area contributed by atoms with Crippen molar-refractivity contribution in [1.29, 1.82) is 0 Å². The van der Waals surface area contributed by atoms with Crippen LogP contribution in [0.5, 0.6) is 5.75 Å². The van der Waals surface area contributed by atoms with Crippen LogP contribution in [0.25, 0.3) is 0 Å². The average Bonchev–Trinajstić information content (AvgIpc) is 3.61. The number of benzene rings is 2. The average molecular weight is 571 g/mol. The molecule has 0 saturated heterocycles. The monoisotopic (exact) mass is 570 g/mol. The van der Waals surface area contributed by atoms with Gasteiger partial charge in [-0.25, -0.2) is 22.2 Å². The number of thiazole rings is 1. The molecule has 1 unspecified atom stereocenters. The Balaban J connectivity index is 1.61. The Labute approximate surface area is 220 Å². The SMILES string of the molecule is CCOC(=O)Cc1csc(NC(=O)C(Oc2ccc(F)cc2F)c2ccc(S(=O)(=O)C3CC3)c(Cl)c2)n1. The fourth-order valence-corrected chi connectivity index (χ4v) is 6.34. The third-order valence-electron chi connectivity index (χ3n) is 5.32. The lowest BCUT2D eigenvalue weighted by Crippen LogP contribution is -2.26. The lowest BCUT2D eigenvalue weighted by Gasteiger charge is -2.20. The maximum absolute atomic E-state index is 14.3. The summed E-state index contributed by atoms with van der Waals surface area (Å²) in [6, 6.07) is 6.48. The molecule has 1 amide bonds. The molecule has 1 heterocycles. The number of sulfone groups is 1. The van der Waals surface area contributed by atoms with Crippen LogP contribution >= 0.6 is 22.9 Å². The van der Waals surface area contributed by atoms with Crippen molar-refractivity contribution in [1.82, 2.24) is 4.98 Å². The quantitative estimate of drug-likeness (QED) is 0.346. The largest absolute Gasteiger partial charge is 0.473 e. The molecule has 1 fully saturated rings. The molecule has 13 heteroatoms. The third kappa shape index (κ3) is 6.43. The molecule has 0 aliphatic heterocycles. The van der Waals surface area contributed by atoms with Crippen LogP contribution in [0.15, 0.2) is 46.7 Å². The summed E-state index contributed by atoms with van der Waals surface area (Å²) in [5, 5.41) is 3.64. The highest BCUT2D eigenvalue weighted by Crippen LogP contribution is 2.38. The minimum absolute atomic E-state index is 0.0731. The van der Waals surface area contributed by atoms with Crippen molar-refractivity contribution in [2.24, 2.45) is 0 Å². The molecule has 3 aromatic rings. The molecule has 1 aliphatic rings. The van der Waals surface area contributed by atoms with Crippen molar-refractivity contribution < 1.29 is 36.3 Å². The molecule has 8 nitrogen and oxygen atoms in total. The molecule has 1 saturated carbocycles. The van der Waals surface area contributed by atoms with E-state index < -0.39 is 50.5 Å². The van der Waals surface area contributed by atoms with E-state index in [4.69, 9.17) is 21.1 Å². The van der Waals surface area contributed by atoms with E-state index in [0.29, 0.717) is 24.6 Å². The van der Waals surface area contributed by atoms with E-state index >= 15 is 0 Å². The van der Waals surface area contributed by atoms with Crippen LogP contribution in [0.4, 0.5) is 13.9 Å². The number of hydrogen-bond donors (Lipinski definition) is 1. The van der Waals surface area contributed by atoms with Gasteiger partial charge in [0.05, 0.1) is 33.9 Å². The molecule has 196 valence electrons. The van der Waals surface area contributed by atoms with Crippen LogP contribution in [0, 0.1) is 11.6 Å². The number of esters is 1. The zero-order valence-electron chi connectivity index (χ0n) is 19.4. The van der Waals surface area contributed by atoms with E-state index in [0.717, 1.165) is 23.5 Å². The summed E-state index contributed by atoms with van der Waals surface area (Å²) >= 11 is 7.33. The summed E-state index contributed by atoms with van der Waals surface area (Å²) in [5.74, 6) is -3.54. The Morgan fingerprint density at radius 1 is 1.22 bits per heavy atom. The first-order valence-electron chi connectivity index (χ1n) is 11.1. The van der Waals surface area contributed by atoms with Gasteiger partial charge >= 0.3 is 5.97 Å². The van der Waals surface area contributed by atoms with Crippen molar-refractivity contribution in [3.8, 4) is 5.75 Å². The molecular weight excluding hydrogens is 550 g/mol. The van der Waals surface area contributed by atoms with Gasteiger partial charge in [-0.2, -0.15) is 0 Å². The Morgan fingerprint density at radius 2 is 1.97 bits per heavy atom. The van der Waals surface area contributed by atoms with Gasteiger partial charge in [-0.1, -0.05) is 17.7 Å². The first-order valence-corrected chi connectivity index (χ1v) is 13.9. The first kappa shape index (κ1) is 27.0. The zero-order chi connectivity index (χ0) is 26.7. The van der Waals surface area contributed by atoms with Gasteiger partial charge in [-0.05, 0) is 44.0 Å². The molecule has 0 bridgehead atoms. The lowest BCUT2D eigenvalue weighted by molar-refractivity contribution is -0.142. The number of nitrogens with zero attached hydrogens (tertiary/aromatic N) is 1. The predicted molar refractivity (Wildman–Crippen MR) is 132 cm³/mol. The van der Waals surface area contributed by atoms with Gasteiger partial charge in [-0.15, -0.1) is 11.3 Å². The van der Waals surface area contributed by atoms with E-state index in [1.165, 1.54) is 18.2 Å². The molecular formula is C24H21ClF2N2O6S2. The summed E-state index contributed by atoms with van der Waals surface area (Å²) < 4.78 is 63.5. The number of halogens is 3. The van der Waals surface area contributed by atoms with Gasteiger partial charge in [0.2, 0.25) is 6.10 Å². The Kier molecular flexibility index (Phi) is 8.10. The van der Waals surface area contributed by atoms with Gasteiger partial charge < -0.3 is 9.47 Å². The van der Waals surface area contributed by atoms with Gasteiger partial charge in [0.15, 0.2) is 26.5 Å². The minimum atomic E-state index is -3.61. The fraction of sp³-hybridized carbons (Fsp3) is 0.292. The minimum Gasteiger partial charge on any atom is -0.473 e. The molecule has 37 heavy (non-hydrogen) atoms. The number of carbonyl (C=O) groups is 2. The summed E-state index contributed by atoms with van der Waals surface area (Å²) in [4.78, 5) is 29.0. The number of carbonyl (C=O) groups excluding carboxylic acids is 2. The summed E-state index contributed by atoms with van der Waals surface area (Å²) in [6.07, 6.45) is -0.505.